The largest absolute Gasteiger partial charge is 0.416 e. The zero-order valence-corrected chi connectivity index (χ0v) is 20.6. The van der Waals surface area contributed by atoms with Gasteiger partial charge in [-0.3, -0.25) is 14.2 Å². The van der Waals surface area contributed by atoms with Gasteiger partial charge in [0.15, 0.2) is 5.16 Å². The highest BCUT2D eigenvalue weighted by molar-refractivity contribution is 7.99. The summed E-state index contributed by atoms with van der Waals surface area (Å²) in [6.45, 7) is 0.150. The van der Waals surface area contributed by atoms with Crippen molar-refractivity contribution in [2.24, 2.45) is 0 Å². The number of rotatable bonds is 7. The lowest BCUT2D eigenvalue weighted by molar-refractivity contribution is -0.137. The maximum absolute atomic E-state index is 13.5. The second-order valence-electron chi connectivity index (χ2n) is 7.79. The van der Waals surface area contributed by atoms with Gasteiger partial charge in [0.2, 0.25) is 5.91 Å². The van der Waals surface area contributed by atoms with Crippen LogP contribution in [0.2, 0.25) is 5.02 Å². The molecule has 1 aromatic heterocycles. The number of carbonyl (C=O) groups excluding carboxylic acids is 1. The van der Waals surface area contributed by atoms with Crippen molar-refractivity contribution in [2.45, 2.75) is 17.8 Å². The number of fused-ring (bicyclic) bond motifs is 1. The number of nitriles is 1. The van der Waals surface area contributed by atoms with Crippen LogP contribution in [-0.4, -0.2) is 27.8 Å². The van der Waals surface area contributed by atoms with E-state index in [4.69, 9.17) is 16.9 Å². The van der Waals surface area contributed by atoms with Gasteiger partial charge in [-0.2, -0.15) is 18.4 Å². The number of nitrogens with zero attached hydrogens (tertiary/aromatic N) is 4. The van der Waals surface area contributed by atoms with Crippen LogP contribution in [0.25, 0.3) is 16.6 Å². The predicted octanol–water partition coefficient (Wildman–Crippen LogP) is 6.10. The fourth-order valence-corrected chi connectivity index (χ4v) is 4.74. The Kier molecular flexibility index (Phi) is 7.86. The molecule has 0 saturated heterocycles. The Morgan fingerprint density at radius 3 is 2.49 bits per heavy atom. The van der Waals surface area contributed by atoms with Crippen molar-refractivity contribution >= 4 is 45.9 Å². The van der Waals surface area contributed by atoms with E-state index >= 15 is 0 Å². The highest BCUT2D eigenvalue weighted by Gasteiger charge is 2.31. The molecule has 0 N–H and O–H groups in total. The van der Waals surface area contributed by atoms with Gasteiger partial charge in [-0.05, 0) is 42.5 Å². The zero-order chi connectivity index (χ0) is 26.6. The number of carbonyl (C=O) groups is 1. The van der Waals surface area contributed by atoms with Crippen molar-refractivity contribution in [3.05, 3.63) is 93.7 Å². The van der Waals surface area contributed by atoms with Crippen LogP contribution < -0.4 is 10.5 Å². The van der Waals surface area contributed by atoms with Crippen LogP contribution in [0.15, 0.2) is 82.7 Å². The minimum Gasteiger partial charge on any atom is -0.311 e. The third kappa shape index (κ3) is 5.79. The average Bonchev–Trinajstić information content (AvgIpc) is 2.88. The number of alkyl halides is 3. The molecule has 0 unspecified atom stereocenters. The van der Waals surface area contributed by atoms with Crippen molar-refractivity contribution in [3.8, 4) is 11.8 Å². The Morgan fingerprint density at radius 2 is 1.78 bits per heavy atom. The fraction of sp³-hybridized carbons (Fsp3) is 0.154. The van der Waals surface area contributed by atoms with Crippen LogP contribution in [0.4, 0.5) is 18.9 Å². The quantitative estimate of drug-likeness (QED) is 0.208. The number of benzene rings is 3. The molecule has 4 aromatic rings. The fourth-order valence-electron chi connectivity index (χ4n) is 3.65. The molecule has 0 atom stereocenters. The molecule has 0 aliphatic heterocycles. The number of thioether (sulfide) groups is 1. The van der Waals surface area contributed by atoms with Gasteiger partial charge in [0, 0.05) is 12.2 Å². The molecule has 0 aliphatic rings. The van der Waals surface area contributed by atoms with E-state index in [0.29, 0.717) is 11.2 Å². The van der Waals surface area contributed by atoms with Crippen LogP contribution in [0.5, 0.6) is 0 Å². The van der Waals surface area contributed by atoms with Gasteiger partial charge in [0.05, 0.1) is 45.4 Å². The maximum Gasteiger partial charge on any atom is 0.416 e. The first-order chi connectivity index (χ1) is 17.7. The van der Waals surface area contributed by atoms with E-state index in [-0.39, 0.29) is 45.9 Å². The first-order valence-electron chi connectivity index (χ1n) is 10.9. The van der Waals surface area contributed by atoms with Crippen molar-refractivity contribution in [1.82, 2.24) is 9.55 Å². The second-order valence-corrected chi connectivity index (χ2v) is 9.14. The molecule has 0 saturated carbocycles. The van der Waals surface area contributed by atoms with Crippen LogP contribution in [0, 0.1) is 11.3 Å². The Balaban J connectivity index is 1.78. The SMILES string of the molecule is N#CCCN(C(=O)CSc1nc2ccccc2c(=O)n1-c1cc(C(F)(F)F)ccc1Cl)c1ccccc1. The molecule has 0 spiro atoms. The molecule has 0 bridgehead atoms. The Morgan fingerprint density at radius 1 is 1.08 bits per heavy atom. The van der Waals surface area contributed by atoms with Gasteiger partial charge < -0.3 is 4.90 Å². The van der Waals surface area contributed by atoms with Gasteiger partial charge in [-0.25, -0.2) is 4.98 Å². The molecule has 37 heavy (non-hydrogen) atoms. The van der Waals surface area contributed by atoms with E-state index < -0.39 is 17.3 Å². The number of hydrogen-bond acceptors (Lipinski definition) is 5. The summed E-state index contributed by atoms with van der Waals surface area (Å²) in [7, 11) is 0. The summed E-state index contributed by atoms with van der Waals surface area (Å²) in [6.07, 6.45) is -4.56. The van der Waals surface area contributed by atoms with E-state index in [1.807, 2.05) is 6.07 Å². The average molecular weight is 543 g/mol. The summed E-state index contributed by atoms with van der Waals surface area (Å²) in [5.41, 5.74) is -0.879. The summed E-state index contributed by atoms with van der Waals surface area (Å²) in [6, 6.07) is 19.9. The van der Waals surface area contributed by atoms with E-state index in [1.165, 1.54) is 11.0 Å². The molecule has 1 amide bonds. The number of aromatic nitrogens is 2. The molecular formula is C26H18ClF3N4O2S. The lowest BCUT2D eigenvalue weighted by atomic mass is 10.2. The van der Waals surface area contributed by atoms with Crippen molar-refractivity contribution in [2.75, 3.05) is 17.2 Å². The minimum absolute atomic E-state index is 0.00608. The van der Waals surface area contributed by atoms with E-state index in [1.54, 1.807) is 48.5 Å². The summed E-state index contributed by atoms with van der Waals surface area (Å²) in [5.74, 6) is -0.558. The summed E-state index contributed by atoms with van der Waals surface area (Å²) in [4.78, 5) is 32.5. The van der Waals surface area contributed by atoms with Crippen LogP contribution in [-0.2, 0) is 11.0 Å². The van der Waals surface area contributed by atoms with E-state index in [0.717, 1.165) is 34.5 Å². The van der Waals surface area contributed by atoms with Gasteiger partial charge >= 0.3 is 6.18 Å². The van der Waals surface area contributed by atoms with Crippen LogP contribution in [0.1, 0.15) is 12.0 Å². The molecule has 0 fully saturated rings. The highest BCUT2D eigenvalue weighted by atomic mass is 35.5. The minimum atomic E-state index is -4.66. The monoisotopic (exact) mass is 542 g/mol. The second kappa shape index (κ2) is 11.1. The van der Waals surface area contributed by atoms with Gasteiger partial charge in [0.1, 0.15) is 0 Å². The standard InChI is InChI=1S/C26H18ClF3N4O2S/c27-20-12-11-17(26(28,29)30)15-22(20)34-24(36)19-9-4-5-10-21(19)32-25(34)37-16-23(35)33(14-6-13-31)18-7-2-1-3-8-18/h1-5,7-12,15H,6,14,16H2. The summed E-state index contributed by atoms with van der Waals surface area (Å²) >= 11 is 7.15. The van der Waals surface area contributed by atoms with Gasteiger partial charge in [-0.1, -0.05) is 53.7 Å². The van der Waals surface area contributed by atoms with E-state index in [9.17, 15) is 22.8 Å². The number of para-hydroxylation sites is 2. The van der Waals surface area contributed by atoms with Crippen molar-refractivity contribution < 1.29 is 18.0 Å². The van der Waals surface area contributed by atoms with Gasteiger partial charge in [-0.15, -0.1) is 0 Å². The lowest BCUT2D eigenvalue weighted by Crippen LogP contribution is -2.33. The van der Waals surface area contributed by atoms with Crippen LogP contribution in [0.3, 0.4) is 0 Å². The van der Waals surface area contributed by atoms with Crippen molar-refractivity contribution in [3.63, 3.8) is 0 Å². The molecule has 0 radical (unpaired) electrons. The topological polar surface area (TPSA) is 79.0 Å². The summed E-state index contributed by atoms with van der Waals surface area (Å²) < 4.78 is 41.4. The number of anilines is 1. The molecule has 4 rings (SSSR count). The number of halogens is 4. The third-order valence-corrected chi connectivity index (χ3v) is 6.64. The molecule has 1 heterocycles. The van der Waals surface area contributed by atoms with E-state index in [2.05, 4.69) is 4.98 Å². The first kappa shape index (κ1) is 26.3. The smallest absolute Gasteiger partial charge is 0.311 e. The number of amides is 1. The normalized spacial score (nSPS) is 11.3. The highest BCUT2D eigenvalue weighted by Crippen LogP contribution is 2.34. The Labute approximate surface area is 218 Å². The molecule has 0 aliphatic carbocycles. The predicted molar refractivity (Wildman–Crippen MR) is 137 cm³/mol. The molecular weight excluding hydrogens is 525 g/mol. The lowest BCUT2D eigenvalue weighted by Gasteiger charge is -2.22. The zero-order valence-electron chi connectivity index (χ0n) is 19.1. The molecule has 188 valence electrons. The molecule has 6 nitrogen and oxygen atoms in total. The molecule has 11 heteroatoms. The number of hydrogen-bond donors (Lipinski definition) is 0. The molecule has 3 aromatic carbocycles. The summed E-state index contributed by atoms with van der Waals surface area (Å²) in [5, 5.41) is 9.13. The Hall–Kier alpha value is -3.81. The first-order valence-corrected chi connectivity index (χ1v) is 12.3. The Bertz CT molecular complexity index is 1550. The van der Waals surface area contributed by atoms with Crippen LogP contribution >= 0.6 is 23.4 Å². The maximum atomic E-state index is 13.5. The van der Waals surface area contributed by atoms with Crippen molar-refractivity contribution in [1.29, 1.82) is 5.26 Å². The van der Waals surface area contributed by atoms with Gasteiger partial charge in [0.25, 0.3) is 5.56 Å². The third-order valence-electron chi connectivity index (χ3n) is 5.40.